The minimum atomic E-state index is -3.81. The number of carbonyl (C=O) groups excluding carboxylic acids is 1. The van der Waals surface area contributed by atoms with Crippen LogP contribution < -0.4 is 10.0 Å². The third-order valence-corrected chi connectivity index (χ3v) is 6.89. The second-order valence-corrected chi connectivity index (χ2v) is 10.8. The highest BCUT2D eigenvalue weighted by Gasteiger charge is 2.24. The normalized spacial score (nSPS) is 11.9. The van der Waals surface area contributed by atoms with E-state index in [1.54, 1.807) is 26.8 Å². The Bertz CT molecular complexity index is 1190. The Balaban J connectivity index is 2.01. The van der Waals surface area contributed by atoms with Gasteiger partial charge in [0.05, 0.1) is 22.2 Å². The molecule has 0 saturated heterocycles. The highest BCUT2D eigenvalue weighted by molar-refractivity contribution is 7.89. The number of rotatable bonds is 7. The lowest BCUT2D eigenvalue weighted by Crippen LogP contribution is -2.40. The number of ether oxygens (including phenoxy) is 1. The monoisotopic (exact) mass is 493 g/mol. The number of benzene rings is 2. The van der Waals surface area contributed by atoms with Crippen molar-refractivity contribution in [3.8, 4) is 21.8 Å². The molecular formula is C22H24ClN3O4S2. The number of amides is 1. The van der Waals surface area contributed by atoms with Crippen molar-refractivity contribution >= 4 is 44.7 Å². The predicted octanol–water partition coefficient (Wildman–Crippen LogP) is 5.34. The first kappa shape index (κ1) is 24.2. The van der Waals surface area contributed by atoms with Crippen molar-refractivity contribution < 1.29 is 17.9 Å². The first-order chi connectivity index (χ1) is 15.1. The van der Waals surface area contributed by atoms with E-state index in [1.807, 2.05) is 35.7 Å². The molecule has 0 aliphatic rings. The quantitative estimate of drug-likeness (QED) is 0.433. The van der Waals surface area contributed by atoms with Crippen LogP contribution in [0.1, 0.15) is 20.8 Å². The maximum absolute atomic E-state index is 12.8. The molecule has 10 heteroatoms. The Kier molecular flexibility index (Phi) is 7.55. The molecule has 0 saturated carbocycles. The van der Waals surface area contributed by atoms with Crippen LogP contribution in [0.2, 0.25) is 0 Å². The van der Waals surface area contributed by atoms with E-state index in [2.05, 4.69) is 15.0 Å². The van der Waals surface area contributed by atoms with Crippen molar-refractivity contribution in [3.63, 3.8) is 0 Å². The molecule has 1 aromatic heterocycles. The minimum absolute atomic E-state index is 0.0160. The Labute approximate surface area is 196 Å². The molecule has 3 rings (SSSR count). The molecular weight excluding hydrogens is 470 g/mol. The third-order valence-electron chi connectivity index (χ3n) is 4.09. The van der Waals surface area contributed by atoms with E-state index < -0.39 is 21.7 Å². The summed E-state index contributed by atoms with van der Waals surface area (Å²) in [5.74, 6) is 0.150. The Morgan fingerprint density at radius 2 is 1.88 bits per heavy atom. The summed E-state index contributed by atoms with van der Waals surface area (Å²) in [7, 11) is -3.81. The average molecular weight is 494 g/mol. The highest BCUT2D eigenvalue weighted by atomic mass is 35.5. The number of halogens is 1. The lowest BCUT2D eigenvalue weighted by atomic mass is 10.1. The van der Waals surface area contributed by atoms with Crippen LogP contribution in [0.15, 0.2) is 58.8 Å². The molecule has 3 aromatic rings. The number of carbonyl (C=O) groups is 1. The zero-order valence-electron chi connectivity index (χ0n) is 17.9. The molecule has 0 atom stereocenters. The number of anilines is 1. The molecule has 2 N–H and O–H groups in total. The lowest BCUT2D eigenvalue weighted by molar-refractivity contribution is 0.168. The number of aromatic nitrogens is 1. The third kappa shape index (κ3) is 6.29. The van der Waals surface area contributed by atoms with Gasteiger partial charge in [-0.1, -0.05) is 30.3 Å². The van der Waals surface area contributed by atoms with Crippen molar-refractivity contribution in [1.82, 2.24) is 9.71 Å². The molecule has 0 aliphatic carbocycles. The molecule has 1 heterocycles. The van der Waals surface area contributed by atoms with Crippen LogP contribution in [0.3, 0.4) is 0 Å². The second-order valence-electron chi connectivity index (χ2n) is 7.92. The van der Waals surface area contributed by atoms with Crippen LogP contribution in [0.5, 0.6) is 0 Å². The smallest absolute Gasteiger partial charge is 0.411 e. The van der Waals surface area contributed by atoms with Gasteiger partial charge in [0.15, 0.2) is 0 Å². The summed E-state index contributed by atoms with van der Waals surface area (Å²) >= 11 is 7.04. The minimum Gasteiger partial charge on any atom is -0.448 e. The van der Waals surface area contributed by atoms with Crippen molar-refractivity contribution in [2.24, 2.45) is 0 Å². The molecule has 2 aromatic carbocycles. The van der Waals surface area contributed by atoms with Gasteiger partial charge in [0, 0.05) is 22.0 Å². The summed E-state index contributed by atoms with van der Waals surface area (Å²) in [5.41, 5.74) is 1.75. The number of thiazole rings is 1. The number of hydrogen-bond acceptors (Lipinski definition) is 6. The summed E-state index contributed by atoms with van der Waals surface area (Å²) in [5, 5.41) is 5.28. The van der Waals surface area contributed by atoms with Crippen LogP contribution in [0, 0.1) is 0 Å². The molecule has 0 aliphatic heterocycles. The van der Waals surface area contributed by atoms with Crippen LogP contribution in [-0.2, 0) is 14.8 Å². The Morgan fingerprint density at radius 3 is 2.53 bits per heavy atom. The first-order valence-corrected chi connectivity index (χ1v) is 12.7. The SMILES string of the molecule is CC(C)(C)NS(=O)(=O)c1ccc(-c2csc(-c3ccccc3)n2)c(NC(=O)OCCCl)c1. The second kappa shape index (κ2) is 9.99. The fraction of sp³-hybridized carbons (Fsp3) is 0.273. The van der Waals surface area contributed by atoms with Crippen molar-refractivity contribution in [2.75, 3.05) is 17.8 Å². The van der Waals surface area contributed by atoms with Gasteiger partial charge >= 0.3 is 6.09 Å². The molecule has 32 heavy (non-hydrogen) atoms. The number of alkyl halides is 1. The number of hydrogen-bond donors (Lipinski definition) is 2. The molecule has 0 bridgehead atoms. The van der Waals surface area contributed by atoms with Gasteiger partial charge in [-0.05, 0) is 39.0 Å². The standard InChI is InChI=1S/C22H24ClN3O4S2/c1-22(2,3)26-32(28,29)16-9-10-17(18(13-16)25-21(27)30-12-11-23)19-14-31-20(24-19)15-7-5-4-6-8-15/h4-10,13-14,26H,11-12H2,1-3H3,(H,25,27). The van der Waals surface area contributed by atoms with Crippen molar-refractivity contribution in [2.45, 2.75) is 31.2 Å². The largest absolute Gasteiger partial charge is 0.448 e. The van der Waals surface area contributed by atoms with Gasteiger partial charge in [-0.15, -0.1) is 22.9 Å². The highest BCUT2D eigenvalue weighted by Crippen LogP contribution is 2.34. The Hall–Kier alpha value is -2.46. The number of nitrogens with one attached hydrogen (secondary N) is 2. The van der Waals surface area contributed by atoms with E-state index in [0.717, 1.165) is 10.6 Å². The van der Waals surface area contributed by atoms with E-state index in [1.165, 1.54) is 23.5 Å². The lowest BCUT2D eigenvalue weighted by Gasteiger charge is -2.21. The van der Waals surface area contributed by atoms with E-state index in [9.17, 15) is 13.2 Å². The number of sulfonamides is 1. The van der Waals surface area contributed by atoms with Crippen LogP contribution in [0.25, 0.3) is 21.8 Å². The van der Waals surface area contributed by atoms with Crippen LogP contribution in [0.4, 0.5) is 10.5 Å². The summed E-state index contributed by atoms with van der Waals surface area (Å²) in [4.78, 5) is 16.9. The molecule has 0 spiro atoms. The summed E-state index contributed by atoms with van der Waals surface area (Å²) in [6.45, 7) is 5.28. The molecule has 0 unspecified atom stereocenters. The molecule has 7 nitrogen and oxygen atoms in total. The summed E-state index contributed by atoms with van der Waals surface area (Å²) in [6.07, 6.45) is -0.733. The van der Waals surface area contributed by atoms with E-state index in [4.69, 9.17) is 16.3 Å². The average Bonchev–Trinajstić information content (AvgIpc) is 3.21. The Morgan fingerprint density at radius 1 is 1.16 bits per heavy atom. The molecule has 0 radical (unpaired) electrons. The topological polar surface area (TPSA) is 97.4 Å². The van der Waals surface area contributed by atoms with Gasteiger partial charge in [0.25, 0.3) is 0 Å². The van der Waals surface area contributed by atoms with E-state index >= 15 is 0 Å². The maximum atomic E-state index is 12.8. The molecule has 170 valence electrons. The predicted molar refractivity (Wildman–Crippen MR) is 129 cm³/mol. The van der Waals surface area contributed by atoms with Gasteiger partial charge in [-0.3, -0.25) is 5.32 Å². The fourth-order valence-corrected chi connectivity index (χ4v) is 5.21. The van der Waals surface area contributed by atoms with Gasteiger partial charge in [-0.25, -0.2) is 22.9 Å². The van der Waals surface area contributed by atoms with Gasteiger partial charge in [-0.2, -0.15) is 0 Å². The van der Waals surface area contributed by atoms with Crippen molar-refractivity contribution in [3.05, 3.63) is 53.9 Å². The molecule has 1 amide bonds. The van der Waals surface area contributed by atoms with Gasteiger partial charge < -0.3 is 4.74 Å². The maximum Gasteiger partial charge on any atom is 0.411 e. The van der Waals surface area contributed by atoms with E-state index in [-0.39, 0.29) is 23.1 Å². The van der Waals surface area contributed by atoms with E-state index in [0.29, 0.717) is 11.3 Å². The summed E-state index contributed by atoms with van der Waals surface area (Å²) in [6, 6.07) is 14.2. The first-order valence-electron chi connectivity index (χ1n) is 9.78. The zero-order valence-corrected chi connectivity index (χ0v) is 20.3. The van der Waals surface area contributed by atoms with Crippen LogP contribution >= 0.6 is 22.9 Å². The van der Waals surface area contributed by atoms with Gasteiger partial charge in [0.2, 0.25) is 10.0 Å². The zero-order chi connectivity index (χ0) is 23.4. The summed E-state index contributed by atoms with van der Waals surface area (Å²) < 4.78 is 33.2. The van der Waals surface area contributed by atoms with Crippen molar-refractivity contribution in [1.29, 1.82) is 0 Å². The number of nitrogens with zero attached hydrogens (tertiary/aromatic N) is 1. The van der Waals surface area contributed by atoms with Crippen LogP contribution in [-0.4, -0.2) is 37.5 Å². The fourth-order valence-electron chi connectivity index (χ4n) is 2.87. The molecule has 0 fully saturated rings. The van der Waals surface area contributed by atoms with Gasteiger partial charge in [0.1, 0.15) is 11.6 Å².